The maximum absolute atomic E-state index is 11.9. The lowest BCUT2D eigenvalue weighted by atomic mass is 9.86. The number of nitrogens with zero attached hydrogens (tertiary/aromatic N) is 2. The van der Waals surface area contributed by atoms with Crippen LogP contribution in [-0.2, 0) is 11.8 Å². The summed E-state index contributed by atoms with van der Waals surface area (Å²) in [6.45, 7) is 7.10. The Labute approximate surface area is 106 Å². The van der Waals surface area contributed by atoms with Gasteiger partial charge in [-0.1, -0.05) is 20.8 Å². The molecule has 1 aromatic rings. The molecule has 0 saturated heterocycles. The van der Waals surface area contributed by atoms with Crippen LogP contribution in [0.25, 0.3) is 0 Å². The van der Waals surface area contributed by atoms with Gasteiger partial charge in [0, 0.05) is 12.7 Å². The van der Waals surface area contributed by atoms with Gasteiger partial charge in [0.25, 0.3) is 5.91 Å². The minimum absolute atomic E-state index is 0.227. The Morgan fingerprint density at radius 1 is 1.44 bits per heavy atom. The number of hydrogen-bond acceptors (Lipinski definition) is 3. The standard InChI is InChI=1S/C12H19N3O3/c1-7-6-8(14-15(7)5)10(16)13-9(11(17)18)12(2,3)4/h6,9H,1-5H3,(H,13,16)(H,17,18)/t9-/m0/s1. The highest BCUT2D eigenvalue weighted by Gasteiger charge is 2.33. The van der Waals surface area contributed by atoms with E-state index in [4.69, 9.17) is 5.11 Å². The summed E-state index contributed by atoms with van der Waals surface area (Å²) < 4.78 is 1.57. The van der Waals surface area contributed by atoms with Crippen LogP contribution in [0.5, 0.6) is 0 Å². The lowest BCUT2D eigenvalue weighted by Crippen LogP contribution is -2.49. The molecule has 1 amide bonds. The Hall–Kier alpha value is -1.85. The number of nitrogens with one attached hydrogen (secondary N) is 1. The monoisotopic (exact) mass is 253 g/mol. The normalized spacial score (nSPS) is 13.2. The van der Waals surface area contributed by atoms with Crippen LogP contribution in [0.15, 0.2) is 6.07 Å². The van der Waals surface area contributed by atoms with Crippen molar-refractivity contribution in [2.45, 2.75) is 33.7 Å². The van der Waals surface area contributed by atoms with E-state index < -0.39 is 23.3 Å². The number of aryl methyl sites for hydroxylation is 2. The number of carboxylic acids is 1. The third kappa shape index (κ3) is 3.09. The fourth-order valence-electron chi connectivity index (χ4n) is 1.53. The maximum Gasteiger partial charge on any atom is 0.326 e. The average Bonchev–Trinajstić information content (AvgIpc) is 2.53. The lowest BCUT2D eigenvalue weighted by Gasteiger charge is -2.27. The molecule has 1 rings (SSSR count). The van der Waals surface area contributed by atoms with Crippen LogP contribution in [0.3, 0.4) is 0 Å². The van der Waals surface area contributed by atoms with Crippen molar-refractivity contribution in [2.24, 2.45) is 12.5 Å². The second-order valence-corrected chi connectivity index (χ2v) is 5.41. The second kappa shape index (κ2) is 4.80. The summed E-state index contributed by atoms with van der Waals surface area (Å²) in [5, 5.41) is 15.6. The minimum atomic E-state index is -1.05. The molecule has 1 atom stereocenters. The molecule has 1 aromatic heterocycles. The second-order valence-electron chi connectivity index (χ2n) is 5.41. The van der Waals surface area contributed by atoms with Gasteiger partial charge in [-0.05, 0) is 18.4 Å². The van der Waals surface area contributed by atoms with E-state index in [-0.39, 0.29) is 5.69 Å². The number of carbonyl (C=O) groups excluding carboxylic acids is 1. The summed E-state index contributed by atoms with van der Waals surface area (Å²) in [6, 6.07) is 0.670. The number of aliphatic carboxylic acids is 1. The summed E-state index contributed by atoms with van der Waals surface area (Å²) in [7, 11) is 1.73. The van der Waals surface area contributed by atoms with E-state index in [0.29, 0.717) is 0 Å². The van der Waals surface area contributed by atoms with E-state index in [1.807, 2.05) is 6.92 Å². The molecule has 18 heavy (non-hydrogen) atoms. The van der Waals surface area contributed by atoms with Crippen LogP contribution in [0, 0.1) is 12.3 Å². The zero-order chi connectivity index (χ0) is 14.1. The van der Waals surface area contributed by atoms with E-state index in [1.165, 1.54) is 0 Å². The first-order chi connectivity index (χ1) is 8.12. The van der Waals surface area contributed by atoms with E-state index >= 15 is 0 Å². The first-order valence-corrected chi connectivity index (χ1v) is 5.67. The van der Waals surface area contributed by atoms with Crippen LogP contribution in [0.1, 0.15) is 37.0 Å². The summed E-state index contributed by atoms with van der Waals surface area (Å²) in [6.07, 6.45) is 0. The average molecular weight is 253 g/mol. The molecule has 0 saturated carbocycles. The van der Waals surface area contributed by atoms with Crippen LogP contribution in [-0.4, -0.2) is 32.8 Å². The van der Waals surface area contributed by atoms with Crippen molar-refractivity contribution < 1.29 is 14.7 Å². The van der Waals surface area contributed by atoms with E-state index in [9.17, 15) is 9.59 Å². The van der Waals surface area contributed by atoms with Crippen molar-refractivity contribution in [1.82, 2.24) is 15.1 Å². The van der Waals surface area contributed by atoms with Crippen molar-refractivity contribution in [3.8, 4) is 0 Å². The largest absolute Gasteiger partial charge is 0.480 e. The molecular weight excluding hydrogens is 234 g/mol. The van der Waals surface area contributed by atoms with Gasteiger partial charge in [0.1, 0.15) is 11.7 Å². The number of carboxylic acid groups (broad SMARTS) is 1. The molecule has 0 aliphatic heterocycles. The smallest absolute Gasteiger partial charge is 0.326 e. The van der Waals surface area contributed by atoms with Gasteiger partial charge in [0.05, 0.1) is 0 Å². The molecule has 0 aromatic carbocycles. The molecule has 0 aliphatic rings. The molecule has 0 bridgehead atoms. The zero-order valence-corrected chi connectivity index (χ0v) is 11.3. The molecule has 1 heterocycles. The van der Waals surface area contributed by atoms with Crippen LogP contribution in [0.4, 0.5) is 0 Å². The molecule has 0 fully saturated rings. The third-order valence-electron chi connectivity index (χ3n) is 2.73. The van der Waals surface area contributed by atoms with Gasteiger partial charge in [-0.25, -0.2) is 4.79 Å². The topological polar surface area (TPSA) is 84.2 Å². The van der Waals surface area contributed by atoms with Gasteiger partial charge in [-0.2, -0.15) is 5.10 Å². The molecule has 6 nitrogen and oxygen atoms in total. The van der Waals surface area contributed by atoms with Crippen molar-refractivity contribution in [3.05, 3.63) is 17.5 Å². The van der Waals surface area contributed by atoms with Gasteiger partial charge in [0.2, 0.25) is 0 Å². The first-order valence-electron chi connectivity index (χ1n) is 5.67. The highest BCUT2D eigenvalue weighted by atomic mass is 16.4. The first kappa shape index (κ1) is 14.2. The molecular formula is C12H19N3O3. The fourth-order valence-corrected chi connectivity index (χ4v) is 1.53. The van der Waals surface area contributed by atoms with E-state index in [1.54, 1.807) is 38.6 Å². The number of rotatable bonds is 3. The Bertz CT molecular complexity index is 452. The quantitative estimate of drug-likeness (QED) is 0.840. The summed E-state index contributed by atoms with van der Waals surface area (Å²) in [5.74, 6) is -1.52. The zero-order valence-electron chi connectivity index (χ0n) is 11.3. The molecule has 0 aliphatic carbocycles. The fraction of sp³-hybridized carbons (Fsp3) is 0.583. The summed E-state index contributed by atoms with van der Waals surface area (Å²) in [4.78, 5) is 23.1. The van der Waals surface area contributed by atoms with Crippen LogP contribution >= 0.6 is 0 Å². The Balaban J connectivity index is 2.89. The van der Waals surface area contributed by atoms with Gasteiger partial charge in [-0.3, -0.25) is 9.48 Å². The Morgan fingerprint density at radius 3 is 2.33 bits per heavy atom. The van der Waals surface area contributed by atoms with Crippen molar-refractivity contribution in [1.29, 1.82) is 0 Å². The van der Waals surface area contributed by atoms with Crippen LogP contribution in [0.2, 0.25) is 0 Å². The predicted molar refractivity (Wildman–Crippen MR) is 66.3 cm³/mol. The predicted octanol–water partition coefficient (Wildman–Crippen LogP) is 0.958. The highest BCUT2D eigenvalue weighted by Crippen LogP contribution is 2.19. The number of amides is 1. The van der Waals surface area contributed by atoms with Gasteiger partial charge >= 0.3 is 5.97 Å². The Kier molecular flexibility index (Phi) is 3.79. The summed E-state index contributed by atoms with van der Waals surface area (Å²) in [5.41, 5.74) is 0.499. The molecule has 0 unspecified atom stereocenters. The van der Waals surface area contributed by atoms with Crippen LogP contribution < -0.4 is 5.32 Å². The van der Waals surface area contributed by atoms with Gasteiger partial charge < -0.3 is 10.4 Å². The molecule has 2 N–H and O–H groups in total. The van der Waals surface area contributed by atoms with Crippen molar-refractivity contribution in [3.63, 3.8) is 0 Å². The molecule has 6 heteroatoms. The van der Waals surface area contributed by atoms with Crippen molar-refractivity contribution >= 4 is 11.9 Å². The lowest BCUT2D eigenvalue weighted by molar-refractivity contribution is -0.142. The highest BCUT2D eigenvalue weighted by molar-refractivity contribution is 5.95. The molecule has 0 radical (unpaired) electrons. The minimum Gasteiger partial charge on any atom is -0.480 e. The Morgan fingerprint density at radius 2 is 2.00 bits per heavy atom. The number of carbonyl (C=O) groups is 2. The number of aromatic nitrogens is 2. The van der Waals surface area contributed by atoms with Gasteiger partial charge in [0.15, 0.2) is 0 Å². The molecule has 100 valence electrons. The van der Waals surface area contributed by atoms with E-state index in [2.05, 4.69) is 10.4 Å². The SMILES string of the molecule is Cc1cc(C(=O)N[C@@H](C(=O)O)C(C)(C)C)nn1C. The van der Waals surface area contributed by atoms with Gasteiger partial charge in [-0.15, -0.1) is 0 Å². The van der Waals surface area contributed by atoms with E-state index in [0.717, 1.165) is 5.69 Å². The maximum atomic E-state index is 11.9. The number of hydrogen-bond donors (Lipinski definition) is 2. The summed E-state index contributed by atoms with van der Waals surface area (Å²) >= 11 is 0. The third-order valence-corrected chi connectivity index (χ3v) is 2.73. The molecule has 0 spiro atoms. The van der Waals surface area contributed by atoms with Crippen molar-refractivity contribution in [2.75, 3.05) is 0 Å².